The van der Waals surface area contributed by atoms with E-state index < -0.39 is 6.10 Å². The van der Waals surface area contributed by atoms with Gasteiger partial charge < -0.3 is 9.47 Å². The first-order valence-corrected chi connectivity index (χ1v) is 6.71. The fourth-order valence-electron chi connectivity index (χ4n) is 1.54. The molecule has 18 heavy (non-hydrogen) atoms. The summed E-state index contributed by atoms with van der Waals surface area (Å²) in [6.45, 7) is 5.38. The predicted octanol–water partition coefficient (Wildman–Crippen LogP) is 3.99. The second kappa shape index (κ2) is 12.2. The van der Waals surface area contributed by atoms with E-state index in [9.17, 15) is 4.79 Å². The Kier molecular flexibility index (Phi) is 11.4. The third kappa shape index (κ3) is 9.94. The second-order valence-corrected chi connectivity index (χ2v) is 4.31. The molecule has 3 heteroatoms. The van der Waals surface area contributed by atoms with Crippen molar-refractivity contribution in [2.75, 3.05) is 7.11 Å². The van der Waals surface area contributed by atoms with Crippen LogP contribution in [0.2, 0.25) is 0 Å². The van der Waals surface area contributed by atoms with Gasteiger partial charge in [0.05, 0.1) is 13.4 Å². The van der Waals surface area contributed by atoms with Crippen LogP contribution in [0.5, 0.6) is 0 Å². The largest absolute Gasteiger partial charge is 0.487 e. The molecule has 0 bridgehead atoms. The number of hydrogen-bond donors (Lipinski definition) is 0. The van der Waals surface area contributed by atoms with E-state index in [4.69, 9.17) is 4.74 Å². The lowest BCUT2D eigenvalue weighted by atomic mass is 10.1. The molecule has 0 aliphatic carbocycles. The lowest BCUT2D eigenvalue weighted by molar-refractivity contribution is -0.149. The molecule has 0 N–H and O–H groups in total. The Morgan fingerprint density at radius 1 is 1.17 bits per heavy atom. The summed E-state index contributed by atoms with van der Waals surface area (Å²) in [4.78, 5) is 11.0. The number of hydrogen-bond acceptors (Lipinski definition) is 3. The molecular weight excluding hydrogens is 228 g/mol. The van der Waals surface area contributed by atoms with Crippen LogP contribution in [-0.4, -0.2) is 19.2 Å². The number of carbonyl (C=O) groups excluding carboxylic acids is 1. The van der Waals surface area contributed by atoms with E-state index in [0.29, 0.717) is 0 Å². The fraction of sp³-hybridized carbons (Fsp3) is 0.667. The van der Waals surface area contributed by atoms with Gasteiger partial charge in [0.25, 0.3) is 0 Å². The number of allylic oxidation sites excluding steroid dienone is 2. The third-order valence-electron chi connectivity index (χ3n) is 2.69. The molecule has 0 saturated heterocycles. The summed E-state index contributed by atoms with van der Waals surface area (Å²) in [7, 11) is 1.36. The molecule has 0 amide bonds. The Morgan fingerprint density at radius 3 is 2.39 bits per heavy atom. The van der Waals surface area contributed by atoms with Crippen molar-refractivity contribution < 1.29 is 14.3 Å². The summed E-state index contributed by atoms with van der Waals surface area (Å²) in [5.74, 6) is -0.345. The highest BCUT2D eigenvalue weighted by Crippen LogP contribution is 2.07. The van der Waals surface area contributed by atoms with Crippen LogP contribution in [-0.2, 0) is 14.3 Å². The van der Waals surface area contributed by atoms with Crippen molar-refractivity contribution in [3.8, 4) is 0 Å². The Morgan fingerprint density at radius 2 is 1.78 bits per heavy atom. The summed E-state index contributed by atoms with van der Waals surface area (Å²) in [6.07, 6.45) is 13.4. The Hall–Kier alpha value is -1.25. The van der Waals surface area contributed by atoms with Gasteiger partial charge in [-0.05, 0) is 38.7 Å². The van der Waals surface area contributed by atoms with Crippen LogP contribution in [0.15, 0.2) is 25.0 Å². The van der Waals surface area contributed by atoms with Gasteiger partial charge in [0.2, 0.25) is 0 Å². The molecule has 0 radical (unpaired) electrons. The van der Waals surface area contributed by atoms with Crippen molar-refractivity contribution >= 4 is 5.97 Å². The zero-order valence-corrected chi connectivity index (χ0v) is 11.7. The van der Waals surface area contributed by atoms with E-state index in [1.807, 2.05) is 12.2 Å². The molecule has 0 spiro atoms. The summed E-state index contributed by atoms with van der Waals surface area (Å²) in [5, 5.41) is 0. The van der Waals surface area contributed by atoms with Gasteiger partial charge in [0.15, 0.2) is 6.10 Å². The van der Waals surface area contributed by atoms with Crippen LogP contribution in [0.25, 0.3) is 0 Å². The average molecular weight is 254 g/mol. The summed E-state index contributed by atoms with van der Waals surface area (Å²) < 4.78 is 9.74. The Balaban J connectivity index is 3.32. The van der Waals surface area contributed by atoms with Gasteiger partial charge in [0, 0.05) is 0 Å². The van der Waals surface area contributed by atoms with Crippen molar-refractivity contribution in [1.82, 2.24) is 0 Å². The quantitative estimate of drug-likeness (QED) is 0.242. The van der Waals surface area contributed by atoms with Gasteiger partial charge in [-0.2, -0.15) is 0 Å². The van der Waals surface area contributed by atoms with Crippen LogP contribution < -0.4 is 0 Å². The summed E-state index contributed by atoms with van der Waals surface area (Å²) in [6, 6.07) is 0. The van der Waals surface area contributed by atoms with Gasteiger partial charge in [0.1, 0.15) is 0 Å². The molecule has 0 rings (SSSR count). The van der Waals surface area contributed by atoms with E-state index in [2.05, 4.69) is 11.3 Å². The first-order chi connectivity index (χ1) is 8.72. The molecule has 1 unspecified atom stereocenters. The SMILES string of the molecule is C=CCCCCCCCC=COC(C)C(=O)OC. The highest BCUT2D eigenvalue weighted by atomic mass is 16.6. The zero-order chi connectivity index (χ0) is 13.6. The number of carbonyl (C=O) groups is 1. The van der Waals surface area contributed by atoms with E-state index in [0.717, 1.165) is 12.8 Å². The maximum absolute atomic E-state index is 11.0. The number of rotatable bonds is 11. The smallest absolute Gasteiger partial charge is 0.346 e. The van der Waals surface area contributed by atoms with E-state index in [1.165, 1.54) is 39.2 Å². The number of unbranched alkanes of at least 4 members (excludes halogenated alkanes) is 6. The molecular formula is C15H26O3. The van der Waals surface area contributed by atoms with E-state index in [-0.39, 0.29) is 5.97 Å². The molecule has 0 saturated carbocycles. The third-order valence-corrected chi connectivity index (χ3v) is 2.69. The van der Waals surface area contributed by atoms with Gasteiger partial charge in [-0.3, -0.25) is 0 Å². The van der Waals surface area contributed by atoms with E-state index in [1.54, 1.807) is 13.2 Å². The maximum atomic E-state index is 11.0. The lowest BCUT2D eigenvalue weighted by Crippen LogP contribution is -2.19. The summed E-state index contributed by atoms with van der Waals surface area (Å²) in [5.41, 5.74) is 0. The predicted molar refractivity (Wildman–Crippen MR) is 74.2 cm³/mol. The van der Waals surface area contributed by atoms with Crippen LogP contribution >= 0.6 is 0 Å². The summed E-state index contributed by atoms with van der Waals surface area (Å²) >= 11 is 0. The Labute approximate surface area is 111 Å². The molecule has 0 heterocycles. The molecule has 1 atom stereocenters. The molecule has 0 aromatic heterocycles. The number of methoxy groups -OCH3 is 1. The maximum Gasteiger partial charge on any atom is 0.346 e. The number of esters is 1. The van der Waals surface area contributed by atoms with Crippen LogP contribution in [0.4, 0.5) is 0 Å². The topological polar surface area (TPSA) is 35.5 Å². The Bertz CT molecular complexity index is 246. The molecule has 3 nitrogen and oxygen atoms in total. The molecule has 0 aliphatic rings. The van der Waals surface area contributed by atoms with Crippen molar-refractivity contribution in [3.05, 3.63) is 25.0 Å². The van der Waals surface area contributed by atoms with Gasteiger partial charge >= 0.3 is 5.97 Å². The normalized spacial score (nSPS) is 12.3. The van der Waals surface area contributed by atoms with E-state index >= 15 is 0 Å². The number of ether oxygens (including phenoxy) is 2. The zero-order valence-electron chi connectivity index (χ0n) is 11.7. The van der Waals surface area contributed by atoms with Crippen molar-refractivity contribution in [2.24, 2.45) is 0 Å². The first-order valence-electron chi connectivity index (χ1n) is 6.71. The van der Waals surface area contributed by atoms with Crippen molar-refractivity contribution in [1.29, 1.82) is 0 Å². The lowest BCUT2D eigenvalue weighted by Gasteiger charge is -2.07. The highest BCUT2D eigenvalue weighted by molar-refractivity contribution is 5.74. The standard InChI is InChI=1S/C15H26O3/c1-4-5-6-7-8-9-10-11-12-13-18-14(2)15(16)17-3/h4,12-14H,1,5-11H2,2-3H3. The van der Waals surface area contributed by atoms with Crippen LogP contribution in [0.1, 0.15) is 51.9 Å². The van der Waals surface area contributed by atoms with Crippen molar-refractivity contribution in [3.63, 3.8) is 0 Å². The monoisotopic (exact) mass is 254 g/mol. The van der Waals surface area contributed by atoms with Crippen LogP contribution in [0, 0.1) is 0 Å². The van der Waals surface area contributed by atoms with Crippen molar-refractivity contribution in [2.45, 2.75) is 58.0 Å². The molecule has 104 valence electrons. The minimum Gasteiger partial charge on any atom is -0.487 e. The first kappa shape index (κ1) is 16.8. The van der Waals surface area contributed by atoms with Gasteiger partial charge in [-0.15, -0.1) is 6.58 Å². The van der Waals surface area contributed by atoms with Crippen LogP contribution in [0.3, 0.4) is 0 Å². The second-order valence-electron chi connectivity index (χ2n) is 4.31. The van der Waals surface area contributed by atoms with Gasteiger partial charge in [-0.1, -0.05) is 25.3 Å². The minimum atomic E-state index is -0.523. The fourth-order valence-corrected chi connectivity index (χ4v) is 1.54. The highest BCUT2D eigenvalue weighted by Gasteiger charge is 2.11. The molecule has 0 aromatic carbocycles. The molecule has 0 aromatic rings. The minimum absolute atomic E-state index is 0.345. The van der Waals surface area contributed by atoms with Gasteiger partial charge in [-0.25, -0.2) is 4.79 Å². The average Bonchev–Trinajstić information content (AvgIpc) is 2.39. The molecule has 0 aliphatic heterocycles. The molecule has 0 fully saturated rings.